The van der Waals surface area contributed by atoms with Crippen LogP contribution in [0.15, 0.2) is 24.5 Å². The summed E-state index contributed by atoms with van der Waals surface area (Å²) >= 11 is 12.0. The van der Waals surface area contributed by atoms with Gasteiger partial charge in [-0.2, -0.15) is 14.4 Å². The molecule has 0 saturated carbocycles. The number of nitrogens with zero attached hydrogens (tertiary/aromatic N) is 4. The van der Waals surface area contributed by atoms with Gasteiger partial charge in [0.1, 0.15) is 6.23 Å². The lowest BCUT2D eigenvalue weighted by Gasteiger charge is -2.27. The molecule has 3 heterocycles. The minimum Gasteiger partial charge on any atom is -0.364 e. The summed E-state index contributed by atoms with van der Waals surface area (Å²) in [5.41, 5.74) is 1.74. The summed E-state index contributed by atoms with van der Waals surface area (Å²) in [6, 6.07) is 5.20. The van der Waals surface area contributed by atoms with Gasteiger partial charge in [-0.15, -0.1) is 0 Å². The second-order valence-electron chi connectivity index (χ2n) is 5.41. The number of ether oxygens (including phenoxy) is 1. The van der Waals surface area contributed by atoms with Crippen molar-refractivity contribution in [2.45, 2.75) is 19.2 Å². The molecule has 0 aliphatic carbocycles. The van der Waals surface area contributed by atoms with Crippen LogP contribution < -0.4 is 5.32 Å². The van der Waals surface area contributed by atoms with E-state index in [2.05, 4.69) is 20.3 Å². The van der Waals surface area contributed by atoms with Crippen LogP contribution in [-0.2, 0) is 11.3 Å². The van der Waals surface area contributed by atoms with Crippen molar-refractivity contribution in [3.63, 3.8) is 0 Å². The Bertz CT molecular complexity index is 892. The highest BCUT2D eigenvalue weighted by molar-refractivity contribution is 6.34. The molecule has 9 heteroatoms. The molecule has 3 aromatic rings. The van der Waals surface area contributed by atoms with E-state index in [-0.39, 0.29) is 6.23 Å². The third-order valence-corrected chi connectivity index (χ3v) is 4.20. The molecule has 0 radical (unpaired) electrons. The van der Waals surface area contributed by atoms with E-state index in [0.29, 0.717) is 40.2 Å². The fourth-order valence-electron chi connectivity index (χ4n) is 2.57. The third kappa shape index (κ3) is 2.90. The highest BCUT2D eigenvalue weighted by atomic mass is 35.5. The standard InChI is InChI=1S/C15H12Cl2FN5O/c16-9-3-8(4-10(17)5-9)6-19-13-12-14(22-15(18)21-13)23(7-20-12)11-1-2-24-11/h3-5,7,11H,1-2,6H2,(H,19,21,22). The number of imidazole rings is 1. The van der Waals surface area contributed by atoms with Crippen LogP contribution >= 0.6 is 23.2 Å². The van der Waals surface area contributed by atoms with Crippen LogP contribution in [0.4, 0.5) is 10.2 Å². The molecular weight excluding hydrogens is 356 g/mol. The van der Waals surface area contributed by atoms with E-state index in [9.17, 15) is 4.39 Å². The molecule has 1 saturated heterocycles. The Hall–Kier alpha value is -1.96. The van der Waals surface area contributed by atoms with Gasteiger partial charge in [0.25, 0.3) is 0 Å². The van der Waals surface area contributed by atoms with Crippen molar-refractivity contribution in [3.05, 3.63) is 46.2 Å². The fourth-order valence-corrected chi connectivity index (χ4v) is 3.14. The largest absolute Gasteiger partial charge is 0.364 e. The van der Waals surface area contributed by atoms with Crippen LogP contribution in [-0.4, -0.2) is 26.1 Å². The Kier molecular flexibility index (Phi) is 3.99. The minimum absolute atomic E-state index is 0.149. The van der Waals surface area contributed by atoms with Crippen LogP contribution in [0.5, 0.6) is 0 Å². The number of rotatable bonds is 4. The van der Waals surface area contributed by atoms with Crippen molar-refractivity contribution >= 4 is 40.2 Å². The summed E-state index contributed by atoms with van der Waals surface area (Å²) < 4.78 is 20.9. The molecular formula is C15H12Cl2FN5O. The van der Waals surface area contributed by atoms with E-state index in [1.54, 1.807) is 29.1 Å². The quantitative estimate of drug-likeness (QED) is 0.710. The predicted octanol–water partition coefficient (Wildman–Crippen LogP) is 3.80. The van der Waals surface area contributed by atoms with Crippen molar-refractivity contribution in [1.82, 2.24) is 19.5 Å². The number of anilines is 1. The van der Waals surface area contributed by atoms with Crippen LogP contribution in [0.3, 0.4) is 0 Å². The Labute approximate surface area is 146 Å². The first-order valence-electron chi connectivity index (χ1n) is 7.30. The Balaban J connectivity index is 1.65. The van der Waals surface area contributed by atoms with Crippen LogP contribution in [0.25, 0.3) is 11.2 Å². The number of hydrogen-bond acceptors (Lipinski definition) is 5. The van der Waals surface area contributed by atoms with Gasteiger partial charge in [-0.1, -0.05) is 23.2 Å². The molecule has 0 bridgehead atoms. The molecule has 1 aromatic carbocycles. The normalized spacial score (nSPS) is 17.0. The number of hydrogen-bond donors (Lipinski definition) is 1. The van der Waals surface area contributed by atoms with E-state index in [0.717, 1.165) is 12.0 Å². The summed E-state index contributed by atoms with van der Waals surface area (Å²) in [6.07, 6.45) is 1.46. The maximum atomic E-state index is 13.8. The van der Waals surface area contributed by atoms with Crippen molar-refractivity contribution in [1.29, 1.82) is 0 Å². The summed E-state index contributed by atoms with van der Waals surface area (Å²) in [7, 11) is 0. The SMILES string of the molecule is Fc1nc(NCc2cc(Cl)cc(Cl)c2)c2ncn(C3CCO3)c2n1. The lowest BCUT2D eigenvalue weighted by Crippen LogP contribution is -2.24. The second kappa shape index (κ2) is 6.16. The molecule has 4 rings (SSSR count). The highest BCUT2D eigenvalue weighted by Crippen LogP contribution is 2.29. The highest BCUT2D eigenvalue weighted by Gasteiger charge is 2.24. The molecule has 1 atom stereocenters. The van der Waals surface area contributed by atoms with Gasteiger partial charge in [0, 0.05) is 23.0 Å². The van der Waals surface area contributed by atoms with Gasteiger partial charge in [-0.05, 0) is 23.8 Å². The van der Waals surface area contributed by atoms with E-state index in [1.165, 1.54) is 0 Å². The topological polar surface area (TPSA) is 64.9 Å². The van der Waals surface area contributed by atoms with Crippen LogP contribution in [0.1, 0.15) is 18.2 Å². The van der Waals surface area contributed by atoms with Crippen LogP contribution in [0, 0.1) is 6.08 Å². The van der Waals surface area contributed by atoms with Crippen molar-refractivity contribution in [3.8, 4) is 0 Å². The van der Waals surface area contributed by atoms with Crippen molar-refractivity contribution < 1.29 is 9.13 Å². The maximum Gasteiger partial charge on any atom is 0.312 e. The zero-order valence-corrected chi connectivity index (χ0v) is 13.9. The molecule has 0 amide bonds. The number of halogens is 3. The second-order valence-corrected chi connectivity index (χ2v) is 6.28. The average molecular weight is 368 g/mol. The summed E-state index contributed by atoms with van der Waals surface area (Å²) in [5.74, 6) is 0.312. The molecule has 124 valence electrons. The lowest BCUT2D eigenvalue weighted by molar-refractivity contribution is -0.0974. The van der Waals surface area contributed by atoms with Gasteiger partial charge < -0.3 is 10.1 Å². The third-order valence-electron chi connectivity index (χ3n) is 3.76. The fraction of sp³-hybridized carbons (Fsp3) is 0.267. The van der Waals surface area contributed by atoms with Gasteiger partial charge in [-0.3, -0.25) is 4.57 Å². The Morgan fingerprint density at radius 3 is 2.67 bits per heavy atom. The zero-order chi connectivity index (χ0) is 16.7. The first-order chi connectivity index (χ1) is 11.6. The van der Waals surface area contributed by atoms with Gasteiger partial charge in [0.2, 0.25) is 0 Å². The smallest absolute Gasteiger partial charge is 0.312 e. The summed E-state index contributed by atoms with van der Waals surface area (Å²) in [4.78, 5) is 11.9. The predicted molar refractivity (Wildman–Crippen MR) is 88.7 cm³/mol. The summed E-state index contributed by atoms with van der Waals surface area (Å²) in [6.45, 7) is 1.05. The molecule has 0 spiro atoms. The van der Waals surface area contributed by atoms with E-state index in [1.807, 2.05) is 0 Å². The molecule has 6 nitrogen and oxygen atoms in total. The number of nitrogens with one attached hydrogen (secondary N) is 1. The van der Waals surface area contributed by atoms with Crippen molar-refractivity contribution in [2.75, 3.05) is 11.9 Å². The van der Waals surface area contributed by atoms with E-state index < -0.39 is 6.08 Å². The molecule has 1 aliphatic heterocycles. The molecule has 24 heavy (non-hydrogen) atoms. The number of aromatic nitrogens is 4. The van der Waals surface area contributed by atoms with Crippen molar-refractivity contribution in [2.24, 2.45) is 0 Å². The van der Waals surface area contributed by atoms with Gasteiger partial charge in [0.05, 0.1) is 12.9 Å². The number of benzene rings is 1. The van der Waals surface area contributed by atoms with Gasteiger partial charge in [0.15, 0.2) is 17.0 Å². The summed E-state index contributed by atoms with van der Waals surface area (Å²) in [5, 5.41) is 4.13. The molecule has 1 fully saturated rings. The van der Waals surface area contributed by atoms with Gasteiger partial charge in [-0.25, -0.2) is 4.98 Å². The lowest BCUT2D eigenvalue weighted by atomic mass is 10.2. The molecule has 1 aliphatic rings. The minimum atomic E-state index is -0.824. The molecule has 1 unspecified atom stereocenters. The van der Waals surface area contributed by atoms with Crippen LogP contribution in [0.2, 0.25) is 10.0 Å². The maximum absolute atomic E-state index is 13.8. The molecule has 1 N–H and O–H groups in total. The monoisotopic (exact) mass is 367 g/mol. The van der Waals surface area contributed by atoms with E-state index >= 15 is 0 Å². The van der Waals surface area contributed by atoms with Gasteiger partial charge >= 0.3 is 6.08 Å². The first kappa shape index (κ1) is 15.6. The Morgan fingerprint density at radius 1 is 1.25 bits per heavy atom. The molecule has 2 aromatic heterocycles. The average Bonchev–Trinajstić information content (AvgIpc) is 2.86. The number of fused-ring (bicyclic) bond motifs is 1. The first-order valence-corrected chi connectivity index (χ1v) is 8.06. The zero-order valence-electron chi connectivity index (χ0n) is 12.3. The van der Waals surface area contributed by atoms with E-state index in [4.69, 9.17) is 27.9 Å². The Morgan fingerprint density at radius 2 is 2.00 bits per heavy atom.